The Morgan fingerprint density at radius 2 is 0.900 bits per heavy atom. The van der Waals surface area contributed by atoms with Gasteiger partial charge in [0.2, 0.25) is 5.91 Å². The number of hydrogen-bond acceptors (Lipinski definition) is 4. The van der Waals surface area contributed by atoms with Gasteiger partial charge in [-0.3, -0.25) is 9.59 Å². The van der Waals surface area contributed by atoms with Gasteiger partial charge in [0.15, 0.2) is 0 Å². The Kier molecular flexibility index (Phi) is 29.2. The van der Waals surface area contributed by atoms with Crippen molar-refractivity contribution in [2.45, 2.75) is 193 Å². The number of carbonyl (C=O) groups excluding carboxylic acids is 2. The topological polar surface area (TPSA) is 92.7 Å². The van der Waals surface area contributed by atoms with Crippen LogP contribution in [0.1, 0.15) is 187 Å². The van der Waals surface area contributed by atoms with Crippen molar-refractivity contribution in [1.82, 2.24) is 5.32 Å². The molecule has 236 valence electrons. The molecule has 0 aromatic heterocycles. The van der Waals surface area contributed by atoms with Gasteiger partial charge < -0.3 is 15.2 Å². The van der Waals surface area contributed by atoms with Crippen LogP contribution in [0.4, 0.5) is 0 Å². The smallest absolute Gasteiger partial charge is 0.329 e. The predicted octanol–water partition coefficient (Wildman–Crippen LogP) is 9.67. The van der Waals surface area contributed by atoms with Gasteiger partial charge in [0.1, 0.15) is 6.04 Å². The Bertz CT molecular complexity index is 595. The van der Waals surface area contributed by atoms with Crippen molar-refractivity contribution in [1.29, 1.82) is 0 Å². The van der Waals surface area contributed by atoms with Gasteiger partial charge >= 0.3 is 11.9 Å². The molecule has 0 aliphatic carbocycles. The number of hydrogen-bond donors (Lipinski definition) is 2. The molecule has 0 aliphatic heterocycles. The summed E-state index contributed by atoms with van der Waals surface area (Å²) in [5.74, 6) is -2.02. The van der Waals surface area contributed by atoms with Gasteiger partial charge in [-0.25, -0.2) is 4.79 Å². The van der Waals surface area contributed by atoms with Crippen LogP contribution in [0.5, 0.6) is 0 Å². The summed E-state index contributed by atoms with van der Waals surface area (Å²) in [6, 6.07) is -1.11. The average molecular weight is 568 g/mol. The van der Waals surface area contributed by atoms with Crippen LogP contribution in [0, 0.1) is 0 Å². The second-order valence-electron chi connectivity index (χ2n) is 11.8. The first-order chi connectivity index (χ1) is 19.5. The zero-order valence-electron chi connectivity index (χ0n) is 26.5. The second-order valence-corrected chi connectivity index (χ2v) is 11.8. The number of esters is 1. The molecule has 0 fully saturated rings. The van der Waals surface area contributed by atoms with E-state index in [2.05, 4.69) is 19.2 Å². The van der Waals surface area contributed by atoms with E-state index in [0.717, 1.165) is 38.5 Å². The Morgan fingerprint density at radius 1 is 0.550 bits per heavy atom. The van der Waals surface area contributed by atoms with Crippen molar-refractivity contribution in [2.75, 3.05) is 6.61 Å². The van der Waals surface area contributed by atoms with E-state index in [9.17, 15) is 14.4 Å². The third-order valence-corrected chi connectivity index (χ3v) is 7.75. The number of carboxylic acid groups (broad SMARTS) is 1. The van der Waals surface area contributed by atoms with Gasteiger partial charge in [-0.1, -0.05) is 162 Å². The summed E-state index contributed by atoms with van der Waals surface area (Å²) in [4.78, 5) is 35.9. The molecule has 0 unspecified atom stereocenters. The van der Waals surface area contributed by atoms with Gasteiger partial charge in [0, 0.05) is 6.42 Å². The number of aliphatic carboxylic acids is 1. The summed E-state index contributed by atoms with van der Waals surface area (Å²) in [5.41, 5.74) is 0. The Labute approximate surface area is 247 Å². The lowest BCUT2D eigenvalue weighted by Gasteiger charge is -2.16. The van der Waals surface area contributed by atoms with Crippen LogP contribution in [0.15, 0.2) is 0 Å². The summed E-state index contributed by atoms with van der Waals surface area (Å²) >= 11 is 0. The fraction of sp³-hybridized carbons (Fsp3) is 0.912. The van der Waals surface area contributed by atoms with Crippen LogP contribution in [-0.4, -0.2) is 35.6 Å². The molecule has 0 heterocycles. The number of amides is 1. The molecule has 0 aliphatic rings. The van der Waals surface area contributed by atoms with Crippen LogP contribution < -0.4 is 5.32 Å². The van der Waals surface area contributed by atoms with Crippen LogP contribution in [0.3, 0.4) is 0 Å². The van der Waals surface area contributed by atoms with E-state index < -0.39 is 24.4 Å². The number of carboxylic acids is 1. The number of carbonyl (C=O) groups is 3. The van der Waals surface area contributed by atoms with E-state index in [1.54, 1.807) is 0 Å². The van der Waals surface area contributed by atoms with Crippen LogP contribution in [-0.2, 0) is 19.1 Å². The standard InChI is InChI=1S/C34H65NO5/c1-3-5-7-9-11-13-14-15-16-17-18-19-21-23-25-27-29-40-34(39)31(30-33(37)38)35-32(36)28-26-24-22-20-12-10-8-6-4-2/h31H,3-30H2,1-2H3,(H,35,36)(H,37,38)/t31-/m0/s1. The summed E-state index contributed by atoms with van der Waals surface area (Å²) in [5, 5.41) is 11.7. The highest BCUT2D eigenvalue weighted by molar-refractivity contribution is 5.87. The van der Waals surface area contributed by atoms with Gasteiger partial charge in [-0.05, 0) is 12.8 Å². The van der Waals surface area contributed by atoms with Gasteiger partial charge in [0.05, 0.1) is 13.0 Å². The normalized spacial score (nSPS) is 11.8. The van der Waals surface area contributed by atoms with E-state index in [-0.39, 0.29) is 12.5 Å². The lowest BCUT2D eigenvalue weighted by atomic mass is 10.0. The van der Waals surface area contributed by atoms with E-state index >= 15 is 0 Å². The summed E-state index contributed by atoms with van der Waals surface area (Å²) < 4.78 is 5.31. The molecule has 0 aromatic carbocycles. The molecule has 0 spiro atoms. The largest absolute Gasteiger partial charge is 0.481 e. The van der Waals surface area contributed by atoms with Crippen molar-refractivity contribution >= 4 is 17.8 Å². The maximum atomic E-state index is 12.4. The van der Waals surface area contributed by atoms with Crippen LogP contribution >= 0.6 is 0 Å². The molecule has 0 aromatic rings. The van der Waals surface area contributed by atoms with Gasteiger partial charge in [0.25, 0.3) is 0 Å². The minimum atomic E-state index is -1.12. The summed E-state index contributed by atoms with van der Waals surface area (Å²) in [6.07, 6.45) is 30.8. The quantitative estimate of drug-likeness (QED) is 0.0642. The highest BCUT2D eigenvalue weighted by atomic mass is 16.5. The third-order valence-electron chi connectivity index (χ3n) is 7.75. The molecule has 0 rings (SSSR count). The molecule has 40 heavy (non-hydrogen) atoms. The van der Waals surface area contributed by atoms with Crippen molar-refractivity contribution in [3.8, 4) is 0 Å². The first kappa shape index (κ1) is 38.4. The van der Waals surface area contributed by atoms with Crippen molar-refractivity contribution < 1.29 is 24.2 Å². The Hall–Kier alpha value is -1.59. The van der Waals surface area contributed by atoms with Crippen molar-refractivity contribution in [2.24, 2.45) is 0 Å². The zero-order chi connectivity index (χ0) is 29.5. The van der Waals surface area contributed by atoms with E-state index in [0.29, 0.717) is 6.42 Å². The zero-order valence-corrected chi connectivity index (χ0v) is 26.5. The molecule has 2 N–H and O–H groups in total. The lowest BCUT2D eigenvalue weighted by Crippen LogP contribution is -2.43. The average Bonchev–Trinajstić information content (AvgIpc) is 2.93. The van der Waals surface area contributed by atoms with Crippen molar-refractivity contribution in [3.63, 3.8) is 0 Å². The highest BCUT2D eigenvalue weighted by Gasteiger charge is 2.25. The third kappa shape index (κ3) is 28.0. The number of nitrogens with one attached hydrogen (secondary N) is 1. The van der Waals surface area contributed by atoms with E-state index in [1.807, 2.05) is 0 Å². The molecule has 6 nitrogen and oxygen atoms in total. The fourth-order valence-electron chi connectivity index (χ4n) is 5.15. The minimum Gasteiger partial charge on any atom is -0.481 e. The predicted molar refractivity (Wildman–Crippen MR) is 167 cm³/mol. The molecule has 0 radical (unpaired) electrons. The number of rotatable bonds is 31. The molecular formula is C34H65NO5. The van der Waals surface area contributed by atoms with Crippen LogP contribution in [0.2, 0.25) is 0 Å². The number of ether oxygens (including phenoxy) is 1. The second kappa shape index (κ2) is 30.4. The molecule has 0 saturated heterocycles. The number of unbranched alkanes of at least 4 members (excludes halogenated alkanes) is 23. The van der Waals surface area contributed by atoms with E-state index in [4.69, 9.17) is 9.84 Å². The lowest BCUT2D eigenvalue weighted by molar-refractivity contribution is -0.151. The Balaban J connectivity index is 3.74. The molecule has 1 amide bonds. The van der Waals surface area contributed by atoms with Gasteiger partial charge in [-0.15, -0.1) is 0 Å². The maximum absolute atomic E-state index is 12.4. The van der Waals surface area contributed by atoms with Gasteiger partial charge in [-0.2, -0.15) is 0 Å². The molecule has 0 bridgehead atoms. The summed E-state index contributed by atoms with van der Waals surface area (Å²) in [7, 11) is 0. The van der Waals surface area contributed by atoms with Crippen LogP contribution in [0.25, 0.3) is 0 Å². The molecule has 0 saturated carbocycles. The molecule has 1 atom stereocenters. The first-order valence-electron chi connectivity index (χ1n) is 17.2. The minimum absolute atomic E-state index is 0.270. The van der Waals surface area contributed by atoms with Crippen molar-refractivity contribution in [3.05, 3.63) is 0 Å². The monoisotopic (exact) mass is 567 g/mol. The summed E-state index contributed by atoms with van der Waals surface area (Å²) in [6.45, 7) is 4.76. The highest BCUT2D eigenvalue weighted by Crippen LogP contribution is 2.14. The molecular weight excluding hydrogens is 502 g/mol. The molecule has 6 heteroatoms. The SMILES string of the molecule is CCCCCCCCCCCCCCCCCCOC(=O)[C@H](CC(=O)O)NC(=O)CCCCCCCCCCC. The Morgan fingerprint density at radius 3 is 1.27 bits per heavy atom. The van der Waals surface area contributed by atoms with E-state index in [1.165, 1.54) is 122 Å². The maximum Gasteiger partial charge on any atom is 0.329 e. The fourth-order valence-corrected chi connectivity index (χ4v) is 5.15. The first-order valence-corrected chi connectivity index (χ1v) is 17.2.